The Bertz CT molecular complexity index is 592. The van der Waals surface area contributed by atoms with Crippen molar-refractivity contribution in [2.45, 2.75) is 20.3 Å². The number of nitrogen functional groups attached to an aromatic ring is 1. The van der Waals surface area contributed by atoms with Crippen LogP contribution in [0.2, 0.25) is 0 Å². The summed E-state index contributed by atoms with van der Waals surface area (Å²) in [5.74, 6) is 1.03. The SMILES string of the molecule is CCOC(=O)c1cc(-n2ccnc2CC)ncc1N. The van der Waals surface area contributed by atoms with Gasteiger partial charge in [-0.25, -0.2) is 14.8 Å². The largest absolute Gasteiger partial charge is 0.462 e. The quantitative estimate of drug-likeness (QED) is 0.844. The van der Waals surface area contributed by atoms with Crippen LogP contribution in [0.1, 0.15) is 30.0 Å². The summed E-state index contributed by atoms with van der Waals surface area (Å²) in [7, 11) is 0. The van der Waals surface area contributed by atoms with Gasteiger partial charge >= 0.3 is 5.97 Å². The summed E-state index contributed by atoms with van der Waals surface area (Å²) in [5, 5.41) is 0. The fourth-order valence-corrected chi connectivity index (χ4v) is 1.78. The van der Waals surface area contributed by atoms with Crippen molar-refractivity contribution in [3.8, 4) is 5.82 Å². The lowest BCUT2D eigenvalue weighted by Gasteiger charge is -2.09. The molecule has 0 amide bonds. The molecule has 6 heteroatoms. The van der Waals surface area contributed by atoms with Crippen LogP contribution in [0.3, 0.4) is 0 Å². The van der Waals surface area contributed by atoms with Gasteiger partial charge in [-0.1, -0.05) is 6.92 Å². The maximum absolute atomic E-state index is 11.8. The lowest BCUT2D eigenvalue weighted by molar-refractivity contribution is 0.0527. The lowest BCUT2D eigenvalue weighted by atomic mass is 10.2. The summed E-state index contributed by atoms with van der Waals surface area (Å²) in [4.78, 5) is 20.2. The topological polar surface area (TPSA) is 83.0 Å². The van der Waals surface area contributed by atoms with Gasteiger partial charge in [0.15, 0.2) is 0 Å². The fourth-order valence-electron chi connectivity index (χ4n) is 1.78. The molecule has 0 aliphatic carbocycles. The molecule has 2 aromatic heterocycles. The molecule has 0 aliphatic heterocycles. The summed E-state index contributed by atoms with van der Waals surface area (Å²) < 4.78 is 6.79. The van der Waals surface area contributed by atoms with Crippen molar-refractivity contribution in [2.24, 2.45) is 0 Å². The van der Waals surface area contributed by atoms with Gasteiger partial charge < -0.3 is 10.5 Å². The smallest absolute Gasteiger partial charge is 0.340 e. The third kappa shape index (κ3) is 2.57. The van der Waals surface area contributed by atoms with Gasteiger partial charge in [0.2, 0.25) is 0 Å². The molecule has 100 valence electrons. The van der Waals surface area contributed by atoms with Gasteiger partial charge in [0, 0.05) is 18.8 Å². The van der Waals surface area contributed by atoms with Gasteiger partial charge in [0.05, 0.1) is 24.1 Å². The monoisotopic (exact) mass is 260 g/mol. The normalized spacial score (nSPS) is 10.4. The van der Waals surface area contributed by atoms with E-state index in [0.717, 1.165) is 12.2 Å². The number of aromatic nitrogens is 3. The predicted molar refractivity (Wildman–Crippen MR) is 71.1 cm³/mol. The van der Waals surface area contributed by atoms with E-state index < -0.39 is 5.97 Å². The zero-order valence-corrected chi connectivity index (χ0v) is 11.0. The Balaban J connectivity index is 2.44. The molecule has 0 aromatic carbocycles. The minimum atomic E-state index is -0.443. The van der Waals surface area contributed by atoms with Gasteiger partial charge in [0.25, 0.3) is 0 Å². The highest BCUT2D eigenvalue weighted by atomic mass is 16.5. The molecule has 0 aliphatic rings. The van der Waals surface area contributed by atoms with Gasteiger partial charge in [-0.05, 0) is 13.0 Å². The highest BCUT2D eigenvalue weighted by Crippen LogP contribution is 2.17. The molecule has 0 spiro atoms. The minimum Gasteiger partial charge on any atom is -0.462 e. The Morgan fingerprint density at radius 2 is 2.21 bits per heavy atom. The van der Waals surface area contributed by atoms with Crippen molar-refractivity contribution in [1.82, 2.24) is 14.5 Å². The first-order chi connectivity index (χ1) is 9.17. The number of pyridine rings is 1. The summed E-state index contributed by atoms with van der Waals surface area (Å²) >= 11 is 0. The second-order valence-corrected chi connectivity index (χ2v) is 3.92. The van der Waals surface area contributed by atoms with E-state index >= 15 is 0 Å². The van der Waals surface area contributed by atoms with E-state index in [4.69, 9.17) is 10.5 Å². The van der Waals surface area contributed by atoms with Gasteiger partial charge in [-0.15, -0.1) is 0 Å². The third-order valence-electron chi connectivity index (χ3n) is 2.70. The molecule has 19 heavy (non-hydrogen) atoms. The number of carbonyl (C=O) groups is 1. The molecule has 2 N–H and O–H groups in total. The Labute approximate surface area is 111 Å². The Morgan fingerprint density at radius 3 is 2.89 bits per heavy atom. The van der Waals surface area contributed by atoms with E-state index in [2.05, 4.69) is 9.97 Å². The van der Waals surface area contributed by atoms with Gasteiger partial charge in [-0.2, -0.15) is 0 Å². The number of rotatable bonds is 4. The first kappa shape index (κ1) is 13.1. The number of nitrogens with zero attached hydrogens (tertiary/aromatic N) is 3. The highest BCUT2D eigenvalue weighted by molar-refractivity contribution is 5.95. The Hall–Kier alpha value is -2.37. The van der Waals surface area contributed by atoms with Gasteiger partial charge in [-0.3, -0.25) is 4.57 Å². The maximum Gasteiger partial charge on any atom is 0.340 e. The van der Waals surface area contributed by atoms with Crippen LogP contribution in [0.4, 0.5) is 5.69 Å². The molecule has 6 nitrogen and oxygen atoms in total. The second kappa shape index (κ2) is 5.51. The zero-order valence-electron chi connectivity index (χ0n) is 11.0. The van der Waals surface area contributed by atoms with Crippen molar-refractivity contribution in [1.29, 1.82) is 0 Å². The van der Waals surface area contributed by atoms with Crippen LogP contribution in [-0.2, 0) is 11.2 Å². The standard InChI is InChI=1S/C13H16N4O2/c1-3-11-15-5-6-17(11)12-7-9(10(14)8-16-12)13(18)19-4-2/h5-8H,3-4,14H2,1-2H3. The van der Waals surface area contributed by atoms with Crippen LogP contribution in [0.15, 0.2) is 24.7 Å². The number of ether oxygens (including phenoxy) is 1. The van der Waals surface area contributed by atoms with Gasteiger partial charge in [0.1, 0.15) is 11.6 Å². The van der Waals surface area contributed by atoms with Crippen LogP contribution in [-0.4, -0.2) is 27.1 Å². The number of anilines is 1. The first-order valence-corrected chi connectivity index (χ1v) is 6.12. The molecule has 2 rings (SSSR count). The highest BCUT2D eigenvalue weighted by Gasteiger charge is 2.14. The number of esters is 1. The number of nitrogens with two attached hydrogens (primary N) is 1. The molecule has 0 bridgehead atoms. The average molecular weight is 260 g/mol. The molecule has 2 heterocycles. The summed E-state index contributed by atoms with van der Waals surface area (Å²) in [5.41, 5.74) is 6.38. The van der Waals surface area contributed by atoms with Crippen LogP contribution in [0.25, 0.3) is 5.82 Å². The fraction of sp³-hybridized carbons (Fsp3) is 0.308. The molecule has 2 aromatic rings. The molecule has 0 atom stereocenters. The van der Waals surface area contributed by atoms with Crippen molar-refractivity contribution in [3.63, 3.8) is 0 Å². The van der Waals surface area contributed by atoms with E-state index in [9.17, 15) is 4.79 Å². The third-order valence-corrected chi connectivity index (χ3v) is 2.70. The lowest BCUT2D eigenvalue weighted by Crippen LogP contribution is -2.11. The zero-order chi connectivity index (χ0) is 13.8. The second-order valence-electron chi connectivity index (χ2n) is 3.92. The van der Waals surface area contributed by atoms with Crippen LogP contribution < -0.4 is 5.73 Å². The molecular weight excluding hydrogens is 244 g/mol. The number of hydrogen-bond acceptors (Lipinski definition) is 5. The predicted octanol–water partition coefficient (Wildman–Crippen LogP) is 1.59. The minimum absolute atomic E-state index is 0.306. The molecule has 0 unspecified atom stereocenters. The maximum atomic E-state index is 11.8. The Morgan fingerprint density at radius 1 is 1.42 bits per heavy atom. The molecule has 0 radical (unpaired) electrons. The van der Waals surface area contributed by atoms with Crippen LogP contribution in [0, 0.1) is 0 Å². The summed E-state index contributed by atoms with van der Waals surface area (Å²) in [6.07, 6.45) is 5.72. The number of hydrogen-bond donors (Lipinski definition) is 1. The molecule has 0 fully saturated rings. The number of aryl methyl sites for hydroxylation is 1. The van der Waals surface area contributed by atoms with E-state index in [-0.39, 0.29) is 0 Å². The molecule has 0 saturated heterocycles. The number of carbonyl (C=O) groups excluding carboxylic acids is 1. The molecule has 0 saturated carbocycles. The summed E-state index contributed by atoms with van der Waals surface area (Å²) in [6.45, 7) is 4.06. The van der Waals surface area contributed by atoms with Crippen LogP contribution in [0.5, 0.6) is 0 Å². The van der Waals surface area contributed by atoms with E-state index in [1.54, 1.807) is 25.4 Å². The van der Waals surface area contributed by atoms with Crippen LogP contribution >= 0.6 is 0 Å². The number of imidazole rings is 1. The van der Waals surface area contributed by atoms with Crippen molar-refractivity contribution in [2.75, 3.05) is 12.3 Å². The molecular formula is C13H16N4O2. The Kier molecular flexibility index (Phi) is 3.79. The van der Waals surface area contributed by atoms with Crippen molar-refractivity contribution >= 4 is 11.7 Å². The van der Waals surface area contributed by atoms with E-state index in [1.165, 1.54) is 6.20 Å². The summed E-state index contributed by atoms with van der Waals surface area (Å²) in [6, 6.07) is 1.62. The average Bonchev–Trinajstić information content (AvgIpc) is 2.88. The van der Waals surface area contributed by atoms with Crippen molar-refractivity contribution in [3.05, 3.63) is 36.0 Å². The van der Waals surface area contributed by atoms with Crippen molar-refractivity contribution < 1.29 is 9.53 Å². The van der Waals surface area contributed by atoms with E-state index in [1.807, 2.05) is 11.5 Å². The van der Waals surface area contributed by atoms with E-state index in [0.29, 0.717) is 23.7 Å². The first-order valence-electron chi connectivity index (χ1n) is 6.12.